The Labute approximate surface area is 76.0 Å². The van der Waals surface area contributed by atoms with Crippen LogP contribution in [0.5, 0.6) is 5.75 Å². The van der Waals surface area contributed by atoms with Crippen LogP contribution in [0.3, 0.4) is 0 Å². The number of benzene rings is 1. The number of hydrogen-bond acceptors (Lipinski definition) is 2. The maximum absolute atomic E-state index is 9.46. The number of phenolic OH excluding ortho intramolecular Hbond substituents is 1. The average Bonchev–Trinajstić information content (AvgIpc) is 2.62. The molecule has 13 heavy (non-hydrogen) atoms. The molecular formula is C10H10N2O. The Morgan fingerprint density at radius 2 is 2.15 bits per heavy atom. The van der Waals surface area contributed by atoms with Crippen LogP contribution in [-0.4, -0.2) is 15.3 Å². The number of nitrogens with zero attached hydrogens (tertiary/aromatic N) is 1. The molecule has 66 valence electrons. The molecule has 3 heteroatoms. The predicted octanol–water partition coefficient (Wildman–Crippen LogP) is 2.09. The first-order valence-corrected chi connectivity index (χ1v) is 4.07. The van der Waals surface area contributed by atoms with Crippen LogP contribution >= 0.6 is 0 Å². The van der Waals surface area contributed by atoms with E-state index in [0.29, 0.717) is 5.75 Å². The molecule has 0 saturated heterocycles. The Balaban J connectivity index is 2.59. The zero-order chi connectivity index (χ0) is 9.26. The minimum absolute atomic E-state index is 0.312. The molecule has 0 unspecified atom stereocenters. The van der Waals surface area contributed by atoms with Crippen LogP contribution in [0.15, 0.2) is 30.5 Å². The normalized spacial score (nSPS) is 10.2. The number of rotatable bonds is 1. The number of aromatic hydroxyl groups is 1. The largest absolute Gasteiger partial charge is 0.508 e. The molecule has 1 aromatic carbocycles. The quantitative estimate of drug-likeness (QED) is 0.695. The van der Waals surface area contributed by atoms with Crippen molar-refractivity contribution in [3.63, 3.8) is 0 Å². The topological polar surface area (TPSA) is 48.9 Å². The van der Waals surface area contributed by atoms with Crippen molar-refractivity contribution in [3.8, 4) is 17.0 Å². The Morgan fingerprint density at radius 1 is 1.31 bits per heavy atom. The predicted molar refractivity (Wildman–Crippen MR) is 50.4 cm³/mol. The van der Waals surface area contributed by atoms with Gasteiger partial charge in [0.25, 0.3) is 0 Å². The number of aromatic nitrogens is 2. The van der Waals surface area contributed by atoms with E-state index in [1.807, 2.05) is 25.1 Å². The van der Waals surface area contributed by atoms with Crippen molar-refractivity contribution in [2.75, 3.05) is 0 Å². The van der Waals surface area contributed by atoms with Crippen LogP contribution in [0.1, 0.15) is 5.56 Å². The highest BCUT2D eigenvalue weighted by Gasteiger charge is 2.05. The highest BCUT2D eigenvalue weighted by Crippen LogP contribution is 2.27. The van der Waals surface area contributed by atoms with E-state index >= 15 is 0 Å². The van der Waals surface area contributed by atoms with Crippen molar-refractivity contribution in [2.24, 2.45) is 0 Å². The first-order chi connectivity index (χ1) is 6.29. The summed E-state index contributed by atoms with van der Waals surface area (Å²) in [6, 6.07) is 7.32. The molecular weight excluding hydrogens is 164 g/mol. The summed E-state index contributed by atoms with van der Waals surface area (Å²) in [6.45, 7) is 1.88. The highest BCUT2D eigenvalue weighted by molar-refractivity contribution is 5.65. The summed E-state index contributed by atoms with van der Waals surface area (Å²) in [5.74, 6) is 0.312. The Kier molecular flexibility index (Phi) is 1.77. The molecule has 0 atom stereocenters. The van der Waals surface area contributed by atoms with Gasteiger partial charge in [-0.25, -0.2) is 0 Å². The number of aromatic amines is 1. The Hall–Kier alpha value is -1.77. The summed E-state index contributed by atoms with van der Waals surface area (Å²) < 4.78 is 0. The number of hydrogen-bond donors (Lipinski definition) is 2. The van der Waals surface area contributed by atoms with Gasteiger partial charge in [-0.1, -0.05) is 12.1 Å². The standard InChI is InChI=1S/C10H10N2O/c1-7-8(3-2-4-10(7)13)9-5-6-11-12-9/h2-6,13H,1H3,(H,11,12). The van der Waals surface area contributed by atoms with E-state index in [1.165, 1.54) is 0 Å². The van der Waals surface area contributed by atoms with E-state index in [9.17, 15) is 5.11 Å². The smallest absolute Gasteiger partial charge is 0.119 e. The molecule has 0 amide bonds. The summed E-state index contributed by atoms with van der Waals surface area (Å²) >= 11 is 0. The van der Waals surface area contributed by atoms with Crippen LogP contribution in [0.25, 0.3) is 11.3 Å². The van der Waals surface area contributed by atoms with Crippen molar-refractivity contribution >= 4 is 0 Å². The van der Waals surface area contributed by atoms with Gasteiger partial charge in [-0.2, -0.15) is 5.10 Å². The van der Waals surface area contributed by atoms with Gasteiger partial charge in [0.15, 0.2) is 0 Å². The van der Waals surface area contributed by atoms with Crippen molar-refractivity contribution in [1.29, 1.82) is 0 Å². The fourth-order valence-electron chi connectivity index (χ4n) is 1.32. The van der Waals surface area contributed by atoms with Gasteiger partial charge in [0.1, 0.15) is 5.75 Å². The lowest BCUT2D eigenvalue weighted by Gasteiger charge is -2.04. The summed E-state index contributed by atoms with van der Waals surface area (Å²) in [5, 5.41) is 16.2. The van der Waals surface area contributed by atoms with E-state index in [2.05, 4.69) is 10.2 Å². The molecule has 0 aliphatic rings. The van der Waals surface area contributed by atoms with E-state index in [-0.39, 0.29) is 0 Å². The van der Waals surface area contributed by atoms with Crippen LogP contribution in [-0.2, 0) is 0 Å². The molecule has 0 spiro atoms. The zero-order valence-corrected chi connectivity index (χ0v) is 7.28. The molecule has 0 bridgehead atoms. The average molecular weight is 174 g/mol. The van der Waals surface area contributed by atoms with Gasteiger partial charge in [-0.3, -0.25) is 5.10 Å². The van der Waals surface area contributed by atoms with Gasteiger partial charge in [0, 0.05) is 17.3 Å². The summed E-state index contributed by atoms with van der Waals surface area (Å²) in [5.41, 5.74) is 2.78. The molecule has 2 N–H and O–H groups in total. The zero-order valence-electron chi connectivity index (χ0n) is 7.28. The maximum atomic E-state index is 9.46. The van der Waals surface area contributed by atoms with Crippen molar-refractivity contribution in [3.05, 3.63) is 36.0 Å². The van der Waals surface area contributed by atoms with Crippen LogP contribution in [0.2, 0.25) is 0 Å². The highest BCUT2D eigenvalue weighted by atomic mass is 16.3. The molecule has 2 rings (SSSR count). The number of H-pyrrole nitrogens is 1. The molecule has 0 aliphatic heterocycles. The third-order valence-electron chi connectivity index (χ3n) is 2.10. The monoisotopic (exact) mass is 174 g/mol. The number of phenols is 1. The number of nitrogens with one attached hydrogen (secondary N) is 1. The summed E-state index contributed by atoms with van der Waals surface area (Å²) in [6.07, 6.45) is 1.69. The first-order valence-electron chi connectivity index (χ1n) is 4.07. The summed E-state index contributed by atoms with van der Waals surface area (Å²) in [7, 11) is 0. The van der Waals surface area contributed by atoms with Crippen molar-refractivity contribution < 1.29 is 5.11 Å². The van der Waals surface area contributed by atoms with Gasteiger partial charge in [-0.15, -0.1) is 0 Å². The molecule has 3 nitrogen and oxygen atoms in total. The molecule has 0 fully saturated rings. The van der Waals surface area contributed by atoms with E-state index < -0.39 is 0 Å². The first kappa shape index (κ1) is 7.86. The van der Waals surface area contributed by atoms with E-state index in [4.69, 9.17) is 0 Å². The Bertz CT molecular complexity index is 407. The van der Waals surface area contributed by atoms with Gasteiger partial charge in [-0.05, 0) is 19.1 Å². The van der Waals surface area contributed by atoms with Gasteiger partial charge in [0.2, 0.25) is 0 Å². The summed E-state index contributed by atoms with van der Waals surface area (Å²) in [4.78, 5) is 0. The van der Waals surface area contributed by atoms with Crippen LogP contribution in [0, 0.1) is 6.92 Å². The fraction of sp³-hybridized carbons (Fsp3) is 0.100. The minimum atomic E-state index is 0.312. The molecule has 0 saturated carbocycles. The van der Waals surface area contributed by atoms with Gasteiger partial charge >= 0.3 is 0 Å². The third-order valence-corrected chi connectivity index (χ3v) is 2.10. The van der Waals surface area contributed by atoms with E-state index in [1.54, 1.807) is 12.3 Å². The second-order valence-corrected chi connectivity index (χ2v) is 2.92. The minimum Gasteiger partial charge on any atom is -0.508 e. The Morgan fingerprint density at radius 3 is 2.85 bits per heavy atom. The molecule has 1 aromatic heterocycles. The third kappa shape index (κ3) is 1.28. The SMILES string of the molecule is Cc1c(O)cccc1-c1ccn[nH]1. The van der Waals surface area contributed by atoms with Gasteiger partial charge in [0.05, 0.1) is 5.69 Å². The fourth-order valence-corrected chi connectivity index (χ4v) is 1.32. The van der Waals surface area contributed by atoms with E-state index in [0.717, 1.165) is 16.8 Å². The van der Waals surface area contributed by atoms with Crippen LogP contribution in [0.4, 0.5) is 0 Å². The second kappa shape index (κ2) is 2.94. The van der Waals surface area contributed by atoms with Gasteiger partial charge < -0.3 is 5.11 Å². The lowest BCUT2D eigenvalue weighted by atomic mass is 10.1. The molecule has 2 aromatic rings. The lowest BCUT2D eigenvalue weighted by Crippen LogP contribution is -1.83. The van der Waals surface area contributed by atoms with Crippen LogP contribution < -0.4 is 0 Å². The lowest BCUT2D eigenvalue weighted by molar-refractivity contribution is 0.471. The van der Waals surface area contributed by atoms with Crippen molar-refractivity contribution in [1.82, 2.24) is 10.2 Å². The molecule has 0 aliphatic carbocycles. The second-order valence-electron chi connectivity index (χ2n) is 2.92. The molecule has 0 radical (unpaired) electrons. The maximum Gasteiger partial charge on any atom is 0.119 e. The van der Waals surface area contributed by atoms with Crippen molar-refractivity contribution in [2.45, 2.75) is 6.92 Å². The molecule has 1 heterocycles.